The summed E-state index contributed by atoms with van der Waals surface area (Å²) in [4.78, 5) is 11.2. The molecule has 0 radical (unpaired) electrons. The number of rotatable bonds is 2. The van der Waals surface area contributed by atoms with Gasteiger partial charge in [-0.2, -0.15) is 4.68 Å². The molecule has 0 spiro atoms. The summed E-state index contributed by atoms with van der Waals surface area (Å²) in [5.74, 6) is 1.41. The summed E-state index contributed by atoms with van der Waals surface area (Å²) < 4.78 is 18.6. The van der Waals surface area contributed by atoms with Gasteiger partial charge in [0.25, 0.3) is 0 Å². The van der Waals surface area contributed by atoms with Gasteiger partial charge in [-0.1, -0.05) is 5.92 Å². The summed E-state index contributed by atoms with van der Waals surface area (Å²) in [5.41, 5.74) is 0.522. The molecule has 5 heteroatoms. The van der Waals surface area contributed by atoms with Crippen LogP contribution < -0.4 is 5.76 Å². The largest absolute Gasteiger partial charge is 0.438 e. The zero-order valence-electron chi connectivity index (χ0n) is 8.18. The molecule has 0 saturated carbocycles. The van der Waals surface area contributed by atoms with E-state index in [0.29, 0.717) is 5.56 Å². The van der Waals surface area contributed by atoms with Crippen LogP contribution in [0, 0.1) is 18.2 Å². The number of hydrogen-bond acceptors (Lipinski definition) is 3. The molecular weight excluding hydrogens is 211 g/mol. The van der Waals surface area contributed by atoms with Crippen LogP contribution in [-0.4, -0.2) is 9.78 Å². The predicted octanol–water partition coefficient (Wildman–Crippen LogP) is 1.28. The number of halogens is 1. The lowest BCUT2D eigenvalue weighted by molar-refractivity contribution is 0.499. The van der Waals surface area contributed by atoms with E-state index in [2.05, 4.69) is 11.0 Å². The molecule has 0 amide bonds. The lowest BCUT2D eigenvalue weighted by Gasteiger charge is -1.92. The maximum Gasteiger partial charge on any atom is 0.438 e. The van der Waals surface area contributed by atoms with E-state index in [9.17, 15) is 9.18 Å². The number of benzene rings is 1. The van der Waals surface area contributed by atoms with Gasteiger partial charge in [0.05, 0.1) is 0 Å². The van der Waals surface area contributed by atoms with Gasteiger partial charge in [-0.15, -0.1) is 11.5 Å². The fourth-order valence-corrected chi connectivity index (χ4v) is 1.20. The number of nitrogens with zero attached hydrogens (tertiary/aromatic N) is 2. The molecule has 16 heavy (non-hydrogen) atoms. The van der Waals surface area contributed by atoms with E-state index in [0.717, 1.165) is 4.68 Å². The predicted molar refractivity (Wildman–Crippen MR) is 55.0 cm³/mol. The number of aromatic nitrogens is 2. The van der Waals surface area contributed by atoms with E-state index >= 15 is 0 Å². The van der Waals surface area contributed by atoms with Crippen LogP contribution in [0.25, 0.3) is 11.5 Å². The maximum atomic E-state index is 12.7. The molecule has 1 aromatic heterocycles. The summed E-state index contributed by atoms with van der Waals surface area (Å²) in [6.45, 7) is 0.0452. The Morgan fingerprint density at radius 3 is 2.75 bits per heavy atom. The van der Waals surface area contributed by atoms with E-state index in [-0.39, 0.29) is 18.3 Å². The molecule has 0 aliphatic heterocycles. The third-order valence-electron chi connectivity index (χ3n) is 1.94. The molecule has 80 valence electrons. The van der Waals surface area contributed by atoms with Gasteiger partial charge in [-0.05, 0) is 24.3 Å². The highest BCUT2D eigenvalue weighted by Crippen LogP contribution is 2.15. The van der Waals surface area contributed by atoms with Crippen molar-refractivity contribution in [2.75, 3.05) is 0 Å². The quantitative estimate of drug-likeness (QED) is 0.713. The molecule has 0 atom stereocenters. The minimum Gasteiger partial charge on any atom is -0.388 e. The van der Waals surface area contributed by atoms with Gasteiger partial charge in [-0.3, -0.25) is 0 Å². The summed E-state index contributed by atoms with van der Waals surface area (Å²) in [6.07, 6.45) is 5.06. The maximum absolute atomic E-state index is 12.7. The van der Waals surface area contributed by atoms with E-state index in [1.165, 1.54) is 24.3 Å². The van der Waals surface area contributed by atoms with Crippen molar-refractivity contribution in [1.29, 1.82) is 0 Å². The Bertz CT molecular complexity index is 590. The van der Waals surface area contributed by atoms with Crippen LogP contribution in [0.2, 0.25) is 0 Å². The van der Waals surface area contributed by atoms with Gasteiger partial charge in [0.15, 0.2) is 0 Å². The average molecular weight is 218 g/mol. The Morgan fingerprint density at radius 1 is 1.44 bits per heavy atom. The van der Waals surface area contributed by atoms with Crippen molar-refractivity contribution in [2.24, 2.45) is 0 Å². The molecule has 1 aromatic carbocycles. The first-order chi connectivity index (χ1) is 7.70. The van der Waals surface area contributed by atoms with Crippen molar-refractivity contribution >= 4 is 0 Å². The molecule has 0 fully saturated rings. The standard InChI is InChI=1S/C11H7FN2O2/c1-2-7-14-11(15)16-10(13-14)8-3-5-9(12)6-4-8/h1,3-6H,7H2. The zero-order valence-corrected chi connectivity index (χ0v) is 8.18. The lowest BCUT2D eigenvalue weighted by Crippen LogP contribution is -2.14. The first kappa shape index (κ1) is 10.2. The third-order valence-corrected chi connectivity index (χ3v) is 1.94. The SMILES string of the molecule is C#CCn1nc(-c2ccc(F)cc2)oc1=O. The molecule has 0 aliphatic carbocycles. The summed E-state index contributed by atoms with van der Waals surface area (Å²) in [7, 11) is 0. The van der Waals surface area contributed by atoms with Crippen molar-refractivity contribution in [3.63, 3.8) is 0 Å². The minimum absolute atomic E-state index is 0.0452. The second kappa shape index (κ2) is 4.03. The highest BCUT2D eigenvalue weighted by molar-refractivity contribution is 5.51. The third kappa shape index (κ3) is 1.86. The van der Waals surface area contributed by atoms with Crippen LogP contribution in [0.3, 0.4) is 0 Å². The van der Waals surface area contributed by atoms with Crippen LogP contribution in [0.5, 0.6) is 0 Å². The first-order valence-corrected chi connectivity index (χ1v) is 4.48. The first-order valence-electron chi connectivity index (χ1n) is 4.48. The minimum atomic E-state index is -0.628. The second-order valence-electron chi connectivity index (χ2n) is 3.04. The monoisotopic (exact) mass is 218 g/mol. The summed E-state index contributed by atoms with van der Waals surface area (Å²) >= 11 is 0. The van der Waals surface area contributed by atoms with E-state index < -0.39 is 5.76 Å². The van der Waals surface area contributed by atoms with Crippen LogP contribution in [0.15, 0.2) is 33.5 Å². The van der Waals surface area contributed by atoms with Crippen molar-refractivity contribution in [3.8, 4) is 23.8 Å². The number of terminal acetylenes is 1. The molecule has 4 nitrogen and oxygen atoms in total. The Morgan fingerprint density at radius 2 is 2.12 bits per heavy atom. The van der Waals surface area contributed by atoms with Crippen LogP contribution in [0.4, 0.5) is 4.39 Å². The topological polar surface area (TPSA) is 48.0 Å². The molecule has 1 heterocycles. The lowest BCUT2D eigenvalue weighted by atomic mass is 10.2. The Kier molecular flexibility index (Phi) is 2.56. The fraction of sp³-hybridized carbons (Fsp3) is 0.0909. The van der Waals surface area contributed by atoms with Crippen molar-refractivity contribution in [3.05, 3.63) is 40.6 Å². The van der Waals surface area contributed by atoms with E-state index in [1.54, 1.807) is 0 Å². The van der Waals surface area contributed by atoms with Crippen molar-refractivity contribution in [1.82, 2.24) is 9.78 Å². The molecule has 0 unspecified atom stereocenters. The Labute approximate surface area is 90.3 Å². The molecule has 2 aromatic rings. The molecule has 0 aliphatic rings. The van der Waals surface area contributed by atoms with Crippen LogP contribution in [-0.2, 0) is 6.54 Å². The van der Waals surface area contributed by atoms with Crippen molar-refractivity contribution < 1.29 is 8.81 Å². The van der Waals surface area contributed by atoms with Crippen LogP contribution in [0.1, 0.15) is 0 Å². The normalized spacial score (nSPS) is 10.0. The Hall–Kier alpha value is -2.35. The summed E-state index contributed by atoms with van der Waals surface area (Å²) in [5, 5.41) is 3.87. The highest BCUT2D eigenvalue weighted by atomic mass is 19.1. The molecule has 0 bridgehead atoms. The van der Waals surface area contributed by atoms with E-state index in [1.807, 2.05) is 0 Å². The average Bonchev–Trinajstić information content (AvgIpc) is 2.62. The summed E-state index contributed by atoms with van der Waals surface area (Å²) in [6, 6.07) is 5.46. The molecule has 0 saturated heterocycles. The second-order valence-corrected chi connectivity index (χ2v) is 3.04. The zero-order chi connectivity index (χ0) is 11.5. The van der Waals surface area contributed by atoms with Crippen LogP contribution >= 0.6 is 0 Å². The smallest absolute Gasteiger partial charge is 0.388 e. The molecular formula is C11H7FN2O2. The fourth-order valence-electron chi connectivity index (χ4n) is 1.20. The molecule has 0 N–H and O–H groups in total. The van der Waals surface area contributed by atoms with Gasteiger partial charge in [0, 0.05) is 5.56 Å². The van der Waals surface area contributed by atoms with Gasteiger partial charge < -0.3 is 4.42 Å². The van der Waals surface area contributed by atoms with Gasteiger partial charge in [0.1, 0.15) is 12.4 Å². The number of hydrogen-bond donors (Lipinski definition) is 0. The van der Waals surface area contributed by atoms with E-state index in [4.69, 9.17) is 10.8 Å². The van der Waals surface area contributed by atoms with Crippen molar-refractivity contribution in [2.45, 2.75) is 6.54 Å². The van der Waals surface area contributed by atoms with Gasteiger partial charge in [-0.25, -0.2) is 9.18 Å². The Balaban J connectivity index is 2.42. The highest BCUT2D eigenvalue weighted by Gasteiger charge is 2.09. The molecule has 2 rings (SSSR count). The van der Waals surface area contributed by atoms with Gasteiger partial charge >= 0.3 is 5.76 Å². The van der Waals surface area contributed by atoms with Gasteiger partial charge in [0.2, 0.25) is 5.89 Å².